The largest absolute Gasteiger partial charge is 0.386 e. The zero-order chi connectivity index (χ0) is 11.1. The van der Waals surface area contributed by atoms with Gasteiger partial charge in [-0.15, -0.1) is 0 Å². The van der Waals surface area contributed by atoms with Crippen molar-refractivity contribution in [2.24, 2.45) is 0 Å². The van der Waals surface area contributed by atoms with Gasteiger partial charge in [0.15, 0.2) is 0 Å². The van der Waals surface area contributed by atoms with E-state index >= 15 is 0 Å². The van der Waals surface area contributed by atoms with Crippen molar-refractivity contribution in [1.29, 1.82) is 0 Å². The second kappa shape index (κ2) is 3.44. The predicted molar refractivity (Wildman–Crippen MR) is 63.9 cm³/mol. The van der Waals surface area contributed by atoms with E-state index in [1.165, 1.54) is 0 Å². The minimum absolute atomic E-state index is 0.807. The standard InChI is InChI=1S/C14H12O2/c15-12-8-7-10-6-5-9-3-1-2-4-11(9)13(10)14(12)16/h1-8,12,14-16H. The van der Waals surface area contributed by atoms with Gasteiger partial charge in [0.1, 0.15) is 12.2 Å². The summed E-state index contributed by atoms with van der Waals surface area (Å²) in [4.78, 5) is 0. The van der Waals surface area contributed by atoms with E-state index in [-0.39, 0.29) is 0 Å². The Morgan fingerprint density at radius 2 is 1.75 bits per heavy atom. The average molecular weight is 212 g/mol. The molecule has 16 heavy (non-hydrogen) atoms. The van der Waals surface area contributed by atoms with E-state index in [1.807, 2.05) is 42.5 Å². The van der Waals surface area contributed by atoms with Crippen molar-refractivity contribution in [3.63, 3.8) is 0 Å². The number of benzene rings is 2. The molecule has 0 spiro atoms. The van der Waals surface area contributed by atoms with Crippen LogP contribution in [-0.2, 0) is 0 Å². The molecule has 0 saturated carbocycles. The van der Waals surface area contributed by atoms with Gasteiger partial charge in [0.25, 0.3) is 0 Å². The molecule has 2 aromatic carbocycles. The third-order valence-electron chi connectivity index (χ3n) is 3.10. The first-order valence-electron chi connectivity index (χ1n) is 5.33. The number of hydrogen-bond acceptors (Lipinski definition) is 2. The summed E-state index contributed by atoms with van der Waals surface area (Å²) in [5.41, 5.74) is 1.81. The molecule has 2 N–H and O–H groups in total. The summed E-state index contributed by atoms with van der Waals surface area (Å²) in [5.74, 6) is 0. The Morgan fingerprint density at radius 1 is 0.938 bits per heavy atom. The third kappa shape index (κ3) is 1.28. The molecule has 2 nitrogen and oxygen atoms in total. The number of aliphatic hydroxyl groups is 2. The highest BCUT2D eigenvalue weighted by Crippen LogP contribution is 2.34. The van der Waals surface area contributed by atoms with Crippen molar-refractivity contribution >= 4 is 16.8 Å². The van der Waals surface area contributed by atoms with Crippen molar-refractivity contribution in [2.45, 2.75) is 12.2 Å². The van der Waals surface area contributed by atoms with Crippen LogP contribution in [0, 0.1) is 0 Å². The first-order chi connectivity index (χ1) is 7.77. The maximum Gasteiger partial charge on any atom is 0.110 e. The number of rotatable bonds is 0. The van der Waals surface area contributed by atoms with Gasteiger partial charge in [-0.05, 0) is 21.9 Å². The minimum Gasteiger partial charge on any atom is -0.386 e. The maximum atomic E-state index is 10.0. The molecule has 0 amide bonds. The van der Waals surface area contributed by atoms with Gasteiger partial charge in [0.05, 0.1) is 0 Å². The third-order valence-corrected chi connectivity index (χ3v) is 3.10. The molecule has 80 valence electrons. The molecule has 0 saturated heterocycles. The van der Waals surface area contributed by atoms with Crippen LogP contribution in [0.15, 0.2) is 42.5 Å². The fraction of sp³-hybridized carbons (Fsp3) is 0.143. The molecule has 0 heterocycles. The molecule has 2 aromatic rings. The smallest absolute Gasteiger partial charge is 0.110 e. The molecule has 3 rings (SSSR count). The van der Waals surface area contributed by atoms with E-state index in [4.69, 9.17) is 0 Å². The summed E-state index contributed by atoms with van der Waals surface area (Å²) in [5, 5.41) is 21.8. The summed E-state index contributed by atoms with van der Waals surface area (Å²) in [6, 6.07) is 11.9. The normalized spacial score (nSPS) is 23.4. The molecular weight excluding hydrogens is 200 g/mol. The summed E-state index contributed by atoms with van der Waals surface area (Å²) in [6.07, 6.45) is 1.85. The van der Waals surface area contributed by atoms with E-state index in [0.29, 0.717) is 0 Å². The van der Waals surface area contributed by atoms with Gasteiger partial charge in [-0.25, -0.2) is 0 Å². The minimum atomic E-state index is -0.828. The molecule has 2 unspecified atom stereocenters. The van der Waals surface area contributed by atoms with Gasteiger partial charge in [-0.3, -0.25) is 0 Å². The van der Waals surface area contributed by atoms with Crippen LogP contribution < -0.4 is 0 Å². The SMILES string of the molecule is OC1C=Cc2ccc3ccccc3c2C1O. The van der Waals surface area contributed by atoms with E-state index in [9.17, 15) is 10.2 Å². The van der Waals surface area contributed by atoms with Crippen LogP contribution in [0.25, 0.3) is 16.8 Å². The Hall–Kier alpha value is -1.64. The number of aliphatic hydroxyl groups excluding tert-OH is 2. The van der Waals surface area contributed by atoms with Gasteiger partial charge >= 0.3 is 0 Å². The molecule has 0 radical (unpaired) electrons. The maximum absolute atomic E-state index is 10.0. The zero-order valence-corrected chi connectivity index (χ0v) is 8.67. The topological polar surface area (TPSA) is 40.5 Å². The highest BCUT2D eigenvalue weighted by atomic mass is 16.3. The first kappa shape index (κ1) is 9.58. The highest BCUT2D eigenvalue weighted by molar-refractivity contribution is 5.89. The highest BCUT2D eigenvalue weighted by Gasteiger charge is 2.23. The van der Waals surface area contributed by atoms with Crippen molar-refractivity contribution in [1.82, 2.24) is 0 Å². The van der Waals surface area contributed by atoms with Crippen LogP contribution in [0.2, 0.25) is 0 Å². The molecule has 0 aliphatic heterocycles. The second-order valence-corrected chi connectivity index (χ2v) is 4.08. The monoisotopic (exact) mass is 212 g/mol. The Balaban J connectivity index is 2.37. The average Bonchev–Trinajstić information content (AvgIpc) is 2.33. The molecule has 2 heteroatoms. The van der Waals surface area contributed by atoms with E-state index < -0.39 is 12.2 Å². The summed E-state index contributed by atoms with van der Waals surface area (Å²) in [7, 11) is 0. The number of fused-ring (bicyclic) bond motifs is 3. The Labute approximate surface area is 93.5 Å². The van der Waals surface area contributed by atoms with E-state index in [0.717, 1.165) is 21.9 Å². The predicted octanol–water partition coefficient (Wildman–Crippen LogP) is 2.26. The summed E-state index contributed by atoms with van der Waals surface area (Å²) >= 11 is 0. The van der Waals surface area contributed by atoms with E-state index in [2.05, 4.69) is 0 Å². The zero-order valence-electron chi connectivity index (χ0n) is 8.67. The van der Waals surface area contributed by atoms with Gasteiger partial charge in [-0.2, -0.15) is 0 Å². The lowest BCUT2D eigenvalue weighted by Gasteiger charge is -2.23. The van der Waals surface area contributed by atoms with Crippen LogP contribution in [-0.4, -0.2) is 16.3 Å². The van der Waals surface area contributed by atoms with Crippen molar-refractivity contribution in [3.05, 3.63) is 53.6 Å². The Kier molecular flexibility index (Phi) is 2.06. The lowest BCUT2D eigenvalue weighted by Crippen LogP contribution is -2.19. The van der Waals surface area contributed by atoms with Crippen LogP contribution in [0.4, 0.5) is 0 Å². The molecular formula is C14H12O2. The molecule has 0 fully saturated rings. The fourth-order valence-corrected chi connectivity index (χ4v) is 2.27. The lowest BCUT2D eigenvalue weighted by atomic mass is 9.88. The second-order valence-electron chi connectivity index (χ2n) is 4.08. The lowest BCUT2D eigenvalue weighted by molar-refractivity contribution is 0.0480. The molecule has 2 atom stereocenters. The van der Waals surface area contributed by atoms with Gasteiger partial charge < -0.3 is 10.2 Å². The van der Waals surface area contributed by atoms with Crippen LogP contribution in [0.1, 0.15) is 17.2 Å². The Morgan fingerprint density at radius 3 is 2.62 bits per heavy atom. The molecule has 0 bridgehead atoms. The van der Waals surface area contributed by atoms with Gasteiger partial charge in [0, 0.05) is 0 Å². The fourth-order valence-electron chi connectivity index (χ4n) is 2.27. The molecule has 1 aliphatic rings. The van der Waals surface area contributed by atoms with E-state index in [1.54, 1.807) is 6.08 Å². The summed E-state index contributed by atoms with van der Waals surface area (Å²) in [6.45, 7) is 0. The van der Waals surface area contributed by atoms with Gasteiger partial charge in [0.2, 0.25) is 0 Å². The number of hydrogen-bond donors (Lipinski definition) is 2. The van der Waals surface area contributed by atoms with Crippen LogP contribution in [0.5, 0.6) is 0 Å². The Bertz CT molecular complexity index is 572. The van der Waals surface area contributed by atoms with Crippen LogP contribution in [0.3, 0.4) is 0 Å². The van der Waals surface area contributed by atoms with Crippen molar-refractivity contribution in [3.8, 4) is 0 Å². The van der Waals surface area contributed by atoms with Gasteiger partial charge in [-0.1, -0.05) is 48.6 Å². The van der Waals surface area contributed by atoms with Crippen molar-refractivity contribution < 1.29 is 10.2 Å². The van der Waals surface area contributed by atoms with Crippen molar-refractivity contribution in [2.75, 3.05) is 0 Å². The molecule has 1 aliphatic carbocycles. The van der Waals surface area contributed by atoms with Crippen LogP contribution >= 0.6 is 0 Å². The summed E-state index contributed by atoms with van der Waals surface area (Å²) < 4.78 is 0. The molecule has 0 aromatic heterocycles. The first-order valence-corrected chi connectivity index (χ1v) is 5.33. The quantitative estimate of drug-likeness (QED) is 0.703.